The zero-order valence-corrected chi connectivity index (χ0v) is 15.3. The lowest BCUT2D eigenvalue weighted by Gasteiger charge is -2.29. The van der Waals surface area contributed by atoms with Gasteiger partial charge in [0.05, 0.1) is 10.6 Å². The van der Waals surface area contributed by atoms with Crippen molar-refractivity contribution in [3.05, 3.63) is 70.4 Å². The standard InChI is InChI=1S/C20H17N3O3S/c24-18(22-10-8-14-5-1-2-6-15(14)12-22)13-23-19(25)17(27-20(23)26)11-16-7-3-4-9-21-16/h1-7,9,11H,8,10,12-13H2/b17-11-. The predicted molar refractivity (Wildman–Crippen MR) is 102 cm³/mol. The van der Waals surface area contributed by atoms with Crippen LogP contribution in [0.2, 0.25) is 0 Å². The highest BCUT2D eigenvalue weighted by Crippen LogP contribution is 2.32. The molecule has 3 heterocycles. The number of aromatic nitrogens is 1. The minimum atomic E-state index is -0.443. The van der Waals surface area contributed by atoms with Crippen LogP contribution in [-0.2, 0) is 22.6 Å². The maximum absolute atomic E-state index is 12.7. The SMILES string of the molecule is O=C(CN1C(=O)S/C(=C\c2ccccn2)C1=O)N1CCc2ccccc2C1. The Bertz CT molecular complexity index is 942. The van der Waals surface area contributed by atoms with E-state index < -0.39 is 11.1 Å². The number of thioether (sulfide) groups is 1. The van der Waals surface area contributed by atoms with Crippen LogP contribution >= 0.6 is 11.8 Å². The van der Waals surface area contributed by atoms with Gasteiger partial charge in [0.25, 0.3) is 11.1 Å². The number of hydrogen-bond acceptors (Lipinski definition) is 5. The van der Waals surface area contributed by atoms with E-state index in [0.29, 0.717) is 18.8 Å². The highest BCUT2D eigenvalue weighted by Gasteiger charge is 2.37. The lowest BCUT2D eigenvalue weighted by Crippen LogP contribution is -2.44. The number of carbonyl (C=O) groups is 3. The molecule has 2 aromatic rings. The minimum absolute atomic E-state index is 0.217. The molecule has 0 N–H and O–H groups in total. The van der Waals surface area contributed by atoms with Gasteiger partial charge in [0.15, 0.2) is 0 Å². The number of rotatable bonds is 3. The Morgan fingerprint density at radius 1 is 1.11 bits per heavy atom. The topological polar surface area (TPSA) is 70.6 Å². The van der Waals surface area contributed by atoms with Gasteiger partial charge in [-0.15, -0.1) is 0 Å². The largest absolute Gasteiger partial charge is 0.336 e. The zero-order chi connectivity index (χ0) is 18.8. The molecule has 0 atom stereocenters. The first-order chi connectivity index (χ1) is 13.1. The van der Waals surface area contributed by atoms with E-state index in [1.165, 1.54) is 5.56 Å². The average Bonchev–Trinajstić information content (AvgIpc) is 2.95. The minimum Gasteiger partial charge on any atom is -0.336 e. The molecule has 0 bridgehead atoms. The molecule has 2 aliphatic heterocycles. The van der Waals surface area contributed by atoms with Crippen LogP contribution in [0.4, 0.5) is 4.79 Å². The highest BCUT2D eigenvalue weighted by atomic mass is 32.2. The summed E-state index contributed by atoms with van der Waals surface area (Å²) in [6, 6.07) is 13.3. The van der Waals surface area contributed by atoms with E-state index in [1.807, 2.05) is 18.2 Å². The number of nitrogens with zero attached hydrogens (tertiary/aromatic N) is 3. The maximum atomic E-state index is 12.7. The molecule has 4 rings (SSSR count). The molecule has 136 valence electrons. The number of hydrogen-bond donors (Lipinski definition) is 0. The van der Waals surface area contributed by atoms with Crippen LogP contribution < -0.4 is 0 Å². The molecular formula is C20H17N3O3S. The Hall–Kier alpha value is -2.93. The molecule has 7 heteroatoms. The molecule has 0 unspecified atom stereocenters. The lowest BCUT2D eigenvalue weighted by atomic mass is 10.00. The summed E-state index contributed by atoms with van der Waals surface area (Å²) in [6.45, 7) is 0.872. The molecule has 0 aliphatic carbocycles. The van der Waals surface area contributed by atoms with Crippen LogP contribution in [0.1, 0.15) is 16.8 Å². The monoisotopic (exact) mass is 379 g/mol. The average molecular weight is 379 g/mol. The van der Waals surface area contributed by atoms with Crippen molar-refractivity contribution in [2.45, 2.75) is 13.0 Å². The van der Waals surface area contributed by atoms with Gasteiger partial charge in [0.1, 0.15) is 6.54 Å². The fourth-order valence-electron chi connectivity index (χ4n) is 3.18. The van der Waals surface area contributed by atoms with Gasteiger partial charge in [-0.1, -0.05) is 30.3 Å². The Morgan fingerprint density at radius 2 is 1.89 bits per heavy atom. The molecule has 0 radical (unpaired) electrons. The Morgan fingerprint density at radius 3 is 2.67 bits per heavy atom. The third kappa shape index (κ3) is 3.64. The molecule has 1 fully saturated rings. The van der Waals surface area contributed by atoms with Crippen molar-refractivity contribution in [3.63, 3.8) is 0 Å². The van der Waals surface area contributed by atoms with Gasteiger partial charge < -0.3 is 4.90 Å². The second-order valence-corrected chi connectivity index (χ2v) is 7.35. The predicted octanol–water partition coefficient (Wildman–Crippen LogP) is 2.70. The normalized spacial score (nSPS) is 18.1. The van der Waals surface area contributed by atoms with Gasteiger partial charge >= 0.3 is 0 Å². The first-order valence-electron chi connectivity index (χ1n) is 8.63. The van der Waals surface area contributed by atoms with Crippen molar-refractivity contribution < 1.29 is 14.4 Å². The van der Waals surface area contributed by atoms with E-state index in [4.69, 9.17) is 0 Å². The van der Waals surface area contributed by atoms with E-state index in [-0.39, 0.29) is 17.4 Å². The van der Waals surface area contributed by atoms with Crippen molar-refractivity contribution in [3.8, 4) is 0 Å². The summed E-state index contributed by atoms with van der Waals surface area (Å²) in [4.78, 5) is 44.6. The Kier molecular flexibility index (Phi) is 4.77. The van der Waals surface area contributed by atoms with Crippen LogP contribution in [0.15, 0.2) is 53.6 Å². The van der Waals surface area contributed by atoms with E-state index in [0.717, 1.165) is 28.6 Å². The molecule has 1 aromatic heterocycles. The molecule has 3 amide bonds. The Labute approximate surface area is 160 Å². The summed E-state index contributed by atoms with van der Waals surface area (Å²) in [6.07, 6.45) is 3.98. The number of imide groups is 1. The first kappa shape index (κ1) is 17.5. The molecule has 2 aliphatic rings. The van der Waals surface area contributed by atoms with Crippen molar-refractivity contribution >= 4 is 34.9 Å². The highest BCUT2D eigenvalue weighted by molar-refractivity contribution is 8.18. The summed E-state index contributed by atoms with van der Waals surface area (Å²) in [5.74, 6) is -0.660. The quantitative estimate of drug-likeness (QED) is 0.767. The number of pyridine rings is 1. The van der Waals surface area contributed by atoms with E-state index in [2.05, 4.69) is 11.1 Å². The molecule has 1 saturated heterocycles. The second kappa shape index (κ2) is 7.36. The number of carbonyl (C=O) groups excluding carboxylic acids is 3. The number of fused-ring (bicyclic) bond motifs is 1. The molecule has 0 saturated carbocycles. The molecule has 1 aromatic carbocycles. The molecule has 0 spiro atoms. The fourth-order valence-corrected chi connectivity index (χ4v) is 4.00. The summed E-state index contributed by atoms with van der Waals surface area (Å²) in [7, 11) is 0. The maximum Gasteiger partial charge on any atom is 0.294 e. The lowest BCUT2D eigenvalue weighted by molar-refractivity contribution is -0.136. The second-order valence-electron chi connectivity index (χ2n) is 6.36. The summed E-state index contributed by atoms with van der Waals surface area (Å²) in [5.41, 5.74) is 2.95. The molecular weight excluding hydrogens is 362 g/mol. The smallest absolute Gasteiger partial charge is 0.294 e. The van der Waals surface area contributed by atoms with Crippen LogP contribution in [0.5, 0.6) is 0 Å². The van der Waals surface area contributed by atoms with Crippen LogP contribution in [0.3, 0.4) is 0 Å². The van der Waals surface area contributed by atoms with Crippen LogP contribution in [-0.4, -0.2) is 44.9 Å². The zero-order valence-electron chi connectivity index (χ0n) is 14.5. The van der Waals surface area contributed by atoms with Crippen molar-refractivity contribution in [1.82, 2.24) is 14.8 Å². The van der Waals surface area contributed by atoms with Gasteiger partial charge in [0, 0.05) is 19.3 Å². The van der Waals surface area contributed by atoms with Crippen molar-refractivity contribution in [1.29, 1.82) is 0 Å². The third-order valence-electron chi connectivity index (χ3n) is 4.62. The van der Waals surface area contributed by atoms with E-state index in [9.17, 15) is 14.4 Å². The number of benzene rings is 1. The number of amides is 3. The molecule has 6 nitrogen and oxygen atoms in total. The third-order valence-corrected chi connectivity index (χ3v) is 5.52. The first-order valence-corrected chi connectivity index (χ1v) is 9.44. The summed E-state index contributed by atoms with van der Waals surface area (Å²) in [5, 5.41) is -0.423. The van der Waals surface area contributed by atoms with Gasteiger partial charge in [-0.05, 0) is 47.5 Å². The van der Waals surface area contributed by atoms with Gasteiger partial charge in [-0.3, -0.25) is 24.3 Å². The van der Waals surface area contributed by atoms with Crippen LogP contribution in [0.25, 0.3) is 6.08 Å². The van der Waals surface area contributed by atoms with E-state index in [1.54, 1.807) is 35.4 Å². The van der Waals surface area contributed by atoms with Gasteiger partial charge in [-0.25, -0.2) is 0 Å². The summed E-state index contributed by atoms with van der Waals surface area (Å²) < 4.78 is 0. The van der Waals surface area contributed by atoms with Gasteiger partial charge in [-0.2, -0.15) is 0 Å². The van der Waals surface area contributed by atoms with Crippen molar-refractivity contribution in [2.24, 2.45) is 0 Å². The van der Waals surface area contributed by atoms with Crippen LogP contribution in [0, 0.1) is 0 Å². The Balaban J connectivity index is 1.45. The molecule has 27 heavy (non-hydrogen) atoms. The van der Waals surface area contributed by atoms with Crippen molar-refractivity contribution in [2.75, 3.05) is 13.1 Å². The van der Waals surface area contributed by atoms with E-state index >= 15 is 0 Å². The fraction of sp³-hybridized carbons (Fsp3) is 0.200. The van der Waals surface area contributed by atoms with Gasteiger partial charge in [0.2, 0.25) is 5.91 Å². The summed E-state index contributed by atoms with van der Waals surface area (Å²) >= 11 is 0.842.